The first-order chi connectivity index (χ1) is 12.2. The molecule has 0 radical (unpaired) electrons. The van der Waals surface area contributed by atoms with Crippen molar-refractivity contribution < 1.29 is 9.59 Å². The van der Waals surface area contributed by atoms with Gasteiger partial charge in [0.25, 0.3) is 0 Å². The van der Waals surface area contributed by atoms with Crippen molar-refractivity contribution in [2.75, 3.05) is 44.2 Å². The number of piperazine rings is 1. The fourth-order valence-electron chi connectivity index (χ4n) is 4.02. The number of carbonyl (C=O) groups is 2. The van der Waals surface area contributed by atoms with E-state index in [1.807, 2.05) is 5.01 Å². The average molecular weight is 342 g/mol. The van der Waals surface area contributed by atoms with Crippen LogP contribution in [0.5, 0.6) is 0 Å². The van der Waals surface area contributed by atoms with Crippen LogP contribution in [0.15, 0.2) is 24.3 Å². The third-order valence-corrected chi connectivity index (χ3v) is 5.47. The molecule has 1 aromatic carbocycles. The third-order valence-electron chi connectivity index (χ3n) is 5.47. The zero-order chi connectivity index (χ0) is 17.2. The van der Waals surface area contributed by atoms with Crippen LogP contribution in [0.3, 0.4) is 0 Å². The van der Waals surface area contributed by atoms with Crippen molar-refractivity contribution in [1.82, 2.24) is 14.9 Å². The average Bonchev–Trinajstić information content (AvgIpc) is 3.27. The normalized spacial score (nSPS) is 23.0. The van der Waals surface area contributed by atoms with Crippen LogP contribution in [-0.2, 0) is 16.1 Å². The molecule has 3 aliphatic rings. The predicted octanol–water partition coefficient (Wildman–Crippen LogP) is 1.47. The van der Waals surface area contributed by atoms with Crippen molar-refractivity contribution in [2.45, 2.75) is 32.2 Å². The summed E-state index contributed by atoms with van der Waals surface area (Å²) in [5.41, 5.74) is 2.65. The highest BCUT2D eigenvalue weighted by molar-refractivity contribution is 6.01. The second-order valence-corrected chi connectivity index (χ2v) is 7.19. The molecule has 0 saturated carbocycles. The smallest absolute Gasteiger partial charge is 0.244 e. The molecule has 3 saturated heterocycles. The van der Waals surface area contributed by atoms with Gasteiger partial charge in [-0.2, -0.15) is 0 Å². The van der Waals surface area contributed by atoms with Gasteiger partial charge in [0.15, 0.2) is 0 Å². The number of hydrazine groups is 1. The first kappa shape index (κ1) is 16.5. The molecule has 4 rings (SSSR count). The SMILES string of the molecule is O=C1CCC(=O)N1N1CCN(Cc2ccc(N3CCCC3)cc2)CC1. The van der Waals surface area contributed by atoms with Crippen LogP contribution in [0.1, 0.15) is 31.2 Å². The molecule has 6 nitrogen and oxygen atoms in total. The Morgan fingerprint density at radius 1 is 0.760 bits per heavy atom. The highest BCUT2D eigenvalue weighted by atomic mass is 16.2. The summed E-state index contributed by atoms with van der Waals surface area (Å²) in [6.07, 6.45) is 3.33. The molecule has 0 atom stereocenters. The summed E-state index contributed by atoms with van der Waals surface area (Å²) in [4.78, 5) is 28.5. The molecule has 3 fully saturated rings. The van der Waals surface area contributed by atoms with Gasteiger partial charge in [0.2, 0.25) is 11.8 Å². The van der Waals surface area contributed by atoms with Crippen molar-refractivity contribution in [1.29, 1.82) is 0 Å². The van der Waals surface area contributed by atoms with Crippen LogP contribution in [-0.4, -0.2) is 66.0 Å². The quantitative estimate of drug-likeness (QED) is 0.776. The molecule has 0 unspecified atom stereocenters. The number of imide groups is 1. The molecule has 0 spiro atoms. The lowest BCUT2D eigenvalue weighted by atomic mass is 10.1. The molecule has 0 aliphatic carbocycles. The van der Waals surface area contributed by atoms with Gasteiger partial charge in [-0.25, -0.2) is 10.0 Å². The minimum absolute atomic E-state index is 0.0454. The van der Waals surface area contributed by atoms with Crippen LogP contribution < -0.4 is 4.90 Å². The lowest BCUT2D eigenvalue weighted by Gasteiger charge is -2.38. The number of hydrogen-bond acceptors (Lipinski definition) is 5. The summed E-state index contributed by atoms with van der Waals surface area (Å²) < 4.78 is 0. The number of nitrogens with zero attached hydrogens (tertiary/aromatic N) is 4. The maximum atomic E-state index is 11.8. The number of amides is 2. The van der Waals surface area contributed by atoms with E-state index >= 15 is 0 Å². The molecule has 2 amide bonds. The zero-order valence-electron chi connectivity index (χ0n) is 14.7. The first-order valence-electron chi connectivity index (χ1n) is 9.37. The summed E-state index contributed by atoms with van der Waals surface area (Å²) in [5, 5.41) is 3.30. The molecule has 134 valence electrons. The van der Waals surface area contributed by atoms with Gasteiger partial charge in [0, 0.05) is 64.3 Å². The lowest BCUT2D eigenvalue weighted by Crippen LogP contribution is -2.55. The van der Waals surface area contributed by atoms with Crippen LogP contribution in [0.2, 0.25) is 0 Å². The van der Waals surface area contributed by atoms with E-state index in [1.165, 1.54) is 42.2 Å². The van der Waals surface area contributed by atoms with Gasteiger partial charge in [-0.3, -0.25) is 14.5 Å². The fourth-order valence-corrected chi connectivity index (χ4v) is 4.02. The van der Waals surface area contributed by atoms with Gasteiger partial charge < -0.3 is 4.90 Å². The Kier molecular flexibility index (Phi) is 4.72. The Bertz CT molecular complexity index is 615. The van der Waals surface area contributed by atoms with Gasteiger partial charge in [-0.15, -0.1) is 0 Å². The Hall–Kier alpha value is -1.92. The number of hydrogen-bond donors (Lipinski definition) is 0. The molecule has 1 aromatic rings. The topological polar surface area (TPSA) is 47.1 Å². The highest BCUT2D eigenvalue weighted by Gasteiger charge is 2.35. The van der Waals surface area contributed by atoms with Crippen molar-refractivity contribution in [2.24, 2.45) is 0 Å². The molecule has 25 heavy (non-hydrogen) atoms. The first-order valence-corrected chi connectivity index (χ1v) is 9.37. The van der Waals surface area contributed by atoms with Crippen molar-refractivity contribution in [3.63, 3.8) is 0 Å². The lowest BCUT2D eigenvalue weighted by molar-refractivity contribution is -0.160. The van der Waals surface area contributed by atoms with E-state index in [4.69, 9.17) is 0 Å². The molecule has 0 bridgehead atoms. The molecular weight excluding hydrogens is 316 g/mol. The van der Waals surface area contributed by atoms with E-state index in [0.717, 1.165) is 32.7 Å². The van der Waals surface area contributed by atoms with Crippen LogP contribution in [0, 0.1) is 0 Å². The van der Waals surface area contributed by atoms with E-state index in [0.29, 0.717) is 12.8 Å². The third kappa shape index (κ3) is 3.55. The fraction of sp³-hybridized carbons (Fsp3) is 0.579. The predicted molar refractivity (Wildman–Crippen MR) is 95.8 cm³/mol. The maximum absolute atomic E-state index is 11.8. The van der Waals surface area contributed by atoms with Crippen LogP contribution in [0.25, 0.3) is 0 Å². The Labute approximate surface area is 148 Å². The summed E-state index contributed by atoms with van der Waals surface area (Å²) in [6, 6.07) is 8.93. The van der Waals surface area contributed by atoms with E-state index in [9.17, 15) is 9.59 Å². The Morgan fingerprint density at radius 2 is 1.36 bits per heavy atom. The number of anilines is 1. The van der Waals surface area contributed by atoms with Crippen molar-refractivity contribution in [3.8, 4) is 0 Å². The van der Waals surface area contributed by atoms with E-state index in [-0.39, 0.29) is 11.8 Å². The Balaban J connectivity index is 1.29. The number of carbonyl (C=O) groups excluding carboxylic acids is 2. The molecule has 6 heteroatoms. The molecular formula is C19H26N4O2. The van der Waals surface area contributed by atoms with Gasteiger partial charge in [0.1, 0.15) is 0 Å². The summed E-state index contributed by atoms with van der Waals surface area (Å²) in [6.45, 7) is 6.52. The Morgan fingerprint density at radius 3 is 1.96 bits per heavy atom. The van der Waals surface area contributed by atoms with E-state index < -0.39 is 0 Å². The second kappa shape index (κ2) is 7.14. The van der Waals surface area contributed by atoms with Gasteiger partial charge in [-0.05, 0) is 30.5 Å². The minimum Gasteiger partial charge on any atom is -0.372 e. The number of rotatable bonds is 4. The standard InChI is InChI=1S/C19H26N4O2/c24-18-7-8-19(25)23(18)22-13-11-20(12-14-22)15-16-3-5-17(6-4-16)21-9-1-2-10-21/h3-6H,1-2,7-15H2. The van der Waals surface area contributed by atoms with Gasteiger partial charge in [-0.1, -0.05) is 12.1 Å². The molecule has 0 N–H and O–H groups in total. The molecule has 3 aliphatic heterocycles. The maximum Gasteiger partial charge on any atom is 0.244 e. The zero-order valence-corrected chi connectivity index (χ0v) is 14.7. The largest absolute Gasteiger partial charge is 0.372 e. The van der Waals surface area contributed by atoms with Crippen molar-refractivity contribution in [3.05, 3.63) is 29.8 Å². The van der Waals surface area contributed by atoms with Crippen LogP contribution in [0.4, 0.5) is 5.69 Å². The molecule has 3 heterocycles. The van der Waals surface area contributed by atoms with Crippen LogP contribution >= 0.6 is 0 Å². The summed E-state index contributed by atoms with van der Waals surface area (Å²) >= 11 is 0. The van der Waals surface area contributed by atoms with Gasteiger partial charge >= 0.3 is 0 Å². The monoisotopic (exact) mass is 342 g/mol. The molecule has 0 aromatic heterocycles. The number of benzene rings is 1. The minimum atomic E-state index is -0.0454. The van der Waals surface area contributed by atoms with Gasteiger partial charge in [0.05, 0.1) is 0 Å². The second-order valence-electron chi connectivity index (χ2n) is 7.19. The summed E-state index contributed by atoms with van der Waals surface area (Å²) in [7, 11) is 0. The van der Waals surface area contributed by atoms with Crippen molar-refractivity contribution >= 4 is 17.5 Å². The van der Waals surface area contributed by atoms with E-state index in [2.05, 4.69) is 34.1 Å². The highest BCUT2D eigenvalue weighted by Crippen LogP contribution is 2.22. The summed E-state index contributed by atoms with van der Waals surface area (Å²) in [5.74, 6) is -0.0908. The van der Waals surface area contributed by atoms with E-state index in [1.54, 1.807) is 0 Å².